The van der Waals surface area contributed by atoms with Crippen LogP contribution >= 0.6 is 52.3 Å². The summed E-state index contributed by atoms with van der Waals surface area (Å²) in [7, 11) is 1.49. The van der Waals surface area contributed by atoms with Gasteiger partial charge in [-0.3, -0.25) is 0 Å². The lowest BCUT2D eigenvalue weighted by molar-refractivity contribution is -0.204. The van der Waals surface area contributed by atoms with Crippen LogP contribution in [0.4, 0.5) is 0 Å². The fourth-order valence-electron chi connectivity index (χ4n) is 25.2. The van der Waals surface area contributed by atoms with Crippen molar-refractivity contribution in [2.45, 2.75) is 138 Å². The third-order valence-corrected chi connectivity index (χ3v) is 42.2. The number of rotatable bonds is 15. The van der Waals surface area contributed by atoms with E-state index >= 15 is 0 Å². The Morgan fingerprint density at radius 2 is 0.537 bits per heavy atom. The number of aryl methyl sites for hydroxylation is 8. The average molecular weight is 1880 g/mol. The molecule has 5 aromatic heterocycles. The Kier molecular flexibility index (Phi) is 24.6. The third-order valence-electron chi connectivity index (χ3n) is 30.6. The van der Waals surface area contributed by atoms with Crippen molar-refractivity contribution in [1.82, 2.24) is 0 Å². The van der Waals surface area contributed by atoms with Crippen LogP contribution in [-0.2, 0) is 14.3 Å². The molecule has 12 heteroatoms. The van der Waals surface area contributed by atoms with Crippen molar-refractivity contribution in [2.24, 2.45) is 47.3 Å². The zero-order valence-corrected chi connectivity index (χ0v) is 83.5. The summed E-state index contributed by atoms with van der Waals surface area (Å²) in [5, 5.41) is 23.7. The summed E-state index contributed by atoms with van der Waals surface area (Å²) in [6, 6.07) is 117. The molecule has 0 atom stereocenters. The lowest BCUT2D eigenvalue weighted by Gasteiger charge is -2.59. The van der Waals surface area contributed by atoms with Gasteiger partial charge in [-0.1, -0.05) is 140 Å². The number of hydrogen-bond acceptors (Lipinski definition) is 7. The molecule has 8 bridgehead atoms. The SMILES string of the molecule is COc1c(C)cc(-[s+]2c3ccccc3c3ccccc32)cc1C.Cc1cc(-[s+]2c3ccccc3c3ccccc32)cc(C)c1O.Cc1cc(-[s+]2c3ccccc3c3ccccc32)cc(C)c1OCC(=O)OC1(C)C2CC3CC(C2)CC1C3.Cc1cc(-[s+]2c3ccccc3c3ccccc32)cc(C)c1OCCOC1C2CC3CC(C2)CC1C3.c1ccc(-[s+]2c3ccccc3c3ccccc32)cc1. The summed E-state index contributed by atoms with van der Waals surface area (Å²) in [5.74, 6) is 9.40. The van der Waals surface area contributed by atoms with E-state index in [4.69, 9.17) is 23.7 Å². The van der Waals surface area contributed by atoms with E-state index in [1.54, 1.807) is 7.11 Å². The van der Waals surface area contributed by atoms with Crippen molar-refractivity contribution in [3.63, 3.8) is 0 Å². The largest absolute Gasteiger partial charge is 0.507 e. The minimum absolute atomic E-state index is 0.0269. The molecule has 136 heavy (non-hydrogen) atoms. The van der Waals surface area contributed by atoms with Gasteiger partial charge in [-0.05, 0) is 352 Å². The molecule has 0 saturated heterocycles. The van der Waals surface area contributed by atoms with Crippen molar-refractivity contribution in [3.8, 4) is 47.5 Å². The predicted molar refractivity (Wildman–Crippen MR) is 582 cm³/mol. The van der Waals surface area contributed by atoms with Crippen molar-refractivity contribution in [2.75, 3.05) is 26.9 Å². The van der Waals surface area contributed by atoms with E-state index in [1.807, 2.05) is 13.8 Å². The van der Waals surface area contributed by atoms with Crippen molar-refractivity contribution in [3.05, 3.63) is 366 Å². The molecule has 1 N–H and O–H groups in total. The van der Waals surface area contributed by atoms with Gasteiger partial charge in [0.1, 0.15) is 35.2 Å². The minimum atomic E-state index is -0.313. The van der Waals surface area contributed by atoms with Crippen LogP contribution in [0, 0.1) is 103 Å². The molecule has 7 nitrogen and oxygen atoms in total. The summed E-state index contributed by atoms with van der Waals surface area (Å²) in [6.45, 7) is 20.3. The van der Waals surface area contributed by atoms with E-state index < -0.39 is 0 Å². The lowest BCUT2D eigenvalue weighted by atomic mass is 9.50. The van der Waals surface area contributed by atoms with E-state index in [1.165, 1.54) is 212 Å². The van der Waals surface area contributed by atoms with Gasteiger partial charge in [-0.2, -0.15) is 0 Å². The van der Waals surface area contributed by atoms with Crippen LogP contribution in [0.5, 0.6) is 23.0 Å². The van der Waals surface area contributed by atoms with Crippen molar-refractivity contribution in [1.29, 1.82) is 0 Å². The topological polar surface area (TPSA) is 83.5 Å². The molecule has 8 aliphatic rings. The Balaban J connectivity index is 0.000000101. The number of methoxy groups -OCH3 is 1. The lowest BCUT2D eigenvalue weighted by Crippen LogP contribution is -2.58. The van der Waals surface area contributed by atoms with Crippen molar-refractivity contribution < 1.29 is 33.6 Å². The molecule has 5 heterocycles. The molecule has 682 valence electrons. The number of phenols is 1. The number of phenolic OH excluding ortho intramolecular Hbond substituents is 1. The second kappa shape index (κ2) is 37.5. The molecule has 0 unspecified atom stereocenters. The molecule has 0 aliphatic heterocycles. The number of carbonyl (C=O) groups excluding carboxylic acids is 1. The first kappa shape index (κ1) is 89.3. The number of carbonyl (C=O) groups is 1. The van der Waals surface area contributed by atoms with Crippen LogP contribution in [0.2, 0.25) is 0 Å². The summed E-state index contributed by atoms with van der Waals surface area (Å²) >= 11 is 0. The van der Waals surface area contributed by atoms with Gasteiger partial charge in [0.15, 0.2) is 78.1 Å². The van der Waals surface area contributed by atoms with Gasteiger partial charge in [0.2, 0.25) is 0 Å². The Morgan fingerprint density at radius 3 is 0.824 bits per heavy atom. The van der Waals surface area contributed by atoms with Gasteiger partial charge in [-0.25, -0.2) is 4.79 Å². The standard InChI is InChI=1S/C33H35O3S.C32H35O2S.C21H19OS.C20H16OS.C18H13S/c1-20-12-26(37-29-10-6-4-8-27(29)28-9-5-7-11-30(28)37)13-21(2)32(20)35-19-31(34)36-33(3)24-15-22-14-23(17-24)18-25(33)16-22;1-20-13-26(35-29-9-5-3-7-27(29)28-8-4-6-10-30(28)35)14-21(2)31(20)33-11-12-34-32-24-16-22-15-23(18-24)19-25(32)17-22;1-14-12-16(13-15(2)21(14)22-3)23-19-10-6-4-8-17(19)18-9-5-7-11-20(18)23;1-13-11-15(12-14(2)20(13)21)22-18-9-5-3-7-16(18)17-8-4-6-10-19(17)22;1-2-8-14(9-3-1)19-17-12-6-4-10-15(17)16-11-5-7-13-18(16)19/h4-13,22-25H,14-19H2,1-3H3;3-10,13-14,22-25,32H,11-12,15-19H2,1-2H3;4-13H,1-3H3;3-12H,1-2H3;1-13H/q3*+1;;+1/p+1. The molecular weight excluding hydrogens is 1760 g/mol. The number of aromatic hydroxyl groups is 1. The third kappa shape index (κ3) is 16.5. The van der Waals surface area contributed by atoms with Gasteiger partial charge in [0.05, 0.1) is 19.8 Å². The maximum atomic E-state index is 13.0. The summed E-state index contributed by atoms with van der Waals surface area (Å²) < 4.78 is 44.9. The number of benzene rings is 15. The van der Waals surface area contributed by atoms with Crippen LogP contribution < -0.4 is 14.2 Å². The first-order valence-corrected chi connectivity index (χ1v) is 55.0. The molecule has 0 amide bonds. The van der Waals surface area contributed by atoms with Gasteiger partial charge in [-0.15, -0.1) is 0 Å². The van der Waals surface area contributed by atoms with Gasteiger partial charge in [0, 0.05) is 155 Å². The maximum Gasteiger partial charge on any atom is 0.344 e. The fourth-order valence-corrected chi connectivity index (χ4v) is 37.8. The highest BCUT2D eigenvalue weighted by Crippen LogP contribution is 2.62. The zero-order valence-electron chi connectivity index (χ0n) is 79.4. The summed E-state index contributed by atoms with van der Waals surface area (Å²) in [5.41, 5.74) is 8.58. The van der Waals surface area contributed by atoms with E-state index in [-0.39, 0.29) is 70.5 Å². The Labute approximate surface area is 812 Å². The number of thiophene rings is 5. The fraction of sp³-hybridized carbons (Fsp3) is 0.266. The van der Waals surface area contributed by atoms with E-state index in [0.717, 1.165) is 75.0 Å². The van der Waals surface area contributed by atoms with E-state index in [0.29, 0.717) is 36.9 Å². The first-order valence-electron chi connectivity index (χ1n) is 48.8. The molecule has 20 aromatic rings. The molecule has 8 aliphatic carbocycles. The first-order chi connectivity index (χ1) is 66.4. The number of hydrogen-bond donors (Lipinski definition) is 1. The average Bonchev–Trinajstić information content (AvgIpc) is 1.32. The molecule has 8 fully saturated rings. The Morgan fingerprint density at radius 1 is 0.294 bits per heavy atom. The van der Waals surface area contributed by atoms with E-state index in [9.17, 15) is 9.90 Å². The predicted octanol–water partition coefficient (Wildman–Crippen LogP) is 35.2. The van der Waals surface area contributed by atoms with Crippen LogP contribution in [0.3, 0.4) is 0 Å². The summed E-state index contributed by atoms with van der Waals surface area (Å²) in [6.07, 6.45) is 13.9. The molecule has 15 aromatic carbocycles. The van der Waals surface area contributed by atoms with Gasteiger partial charge in [0.25, 0.3) is 0 Å². The zero-order chi connectivity index (χ0) is 92.7. The minimum Gasteiger partial charge on any atom is -0.507 e. The smallest absolute Gasteiger partial charge is 0.344 e. The highest BCUT2D eigenvalue weighted by atomic mass is 32.2. The number of esters is 1. The van der Waals surface area contributed by atoms with Gasteiger partial charge >= 0.3 is 5.97 Å². The maximum absolute atomic E-state index is 13.0. The Bertz CT molecular complexity index is 7560. The monoisotopic (exact) mass is 1880 g/mol. The summed E-state index contributed by atoms with van der Waals surface area (Å²) in [4.78, 5) is 19.8. The molecule has 0 radical (unpaired) electrons. The second-order valence-electron chi connectivity index (χ2n) is 39.4. The van der Waals surface area contributed by atoms with Crippen LogP contribution in [0.1, 0.15) is 116 Å². The molecule has 0 spiro atoms. The van der Waals surface area contributed by atoms with E-state index in [2.05, 4.69) is 370 Å². The van der Waals surface area contributed by atoms with Crippen molar-refractivity contribution >= 4 is 159 Å². The molecule has 28 rings (SSSR count). The quantitative estimate of drug-likeness (QED) is 0.0622. The Hall–Kier alpha value is -12.0. The highest BCUT2D eigenvalue weighted by Gasteiger charge is 2.57. The van der Waals surface area contributed by atoms with Crippen LogP contribution in [-0.4, -0.2) is 49.7 Å². The van der Waals surface area contributed by atoms with Crippen LogP contribution in [0.15, 0.2) is 322 Å². The molecular formula is C124H119O7S5+5. The number of fused-ring (bicyclic) bond motifs is 15. The normalized spacial score (nSPS) is 20.0. The van der Waals surface area contributed by atoms with Gasteiger partial charge < -0.3 is 28.8 Å². The number of ether oxygens (including phenoxy) is 5. The molecule has 8 saturated carbocycles. The second-order valence-corrected chi connectivity index (χ2v) is 49.3. The highest BCUT2D eigenvalue weighted by molar-refractivity contribution is 7.52. The van der Waals surface area contributed by atoms with Crippen LogP contribution in [0.25, 0.3) is 125 Å².